The molecule has 4 aromatic rings. The second-order valence-electron chi connectivity index (χ2n) is 7.57. The van der Waals surface area contributed by atoms with E-state index in [0.29, 0.717) is 11.6 Å². The second kappa shape index (κ2) is 10.7. The number of thioether (sulfide) groups is 1. The van der Waals surface area contributed by atoms with Gasteiger partial charge in [-0.25, -0.2) is 0 Å². The average molecular weight is 477 g/mol. The van der Waals surface area contributed by atoms with Crippen molar-refractivity contribution in [3.8, 4) is 11.4 Å². The molecule has 0 bridgehead atoms. The summed E-state index contributed by atoms with van der Waals surface area (Å²) in [6.07, 6.45) is 0. The molecule has 0 aliphatic carbocycles. The largest absolute Gasteiger partial charge is 0.334 e. The number of aromatic nitrogens is 3. The van der Waals surface area contributed by atoms with Gasteiger partial charge in [0.05, 0.1) is 11.8 Å². The van der Waals surface area contributed by atoms with Gasteiger partial charge in [-0.05, 0) is 42.3 Å². The van der Waals surface area contributed by atoms with E-state index in [1.54, 1.807) is 0 Å². The molecule has 0 unspecified atom stereocenters. The molecule has 0 aliphatic rings. The van der Waals surface area contributed by atoms with Crippen molar-refractivity contribution in [1.82, 2.24) is 19.7 Å². The van der Waals surface area contributed by atoms with Gasteiger partial charge in [0.25, 0.3) is 0 Å². The molecule has 0 saturated carbocycles. The molecule has 4 rings (SSSR count). The zero-order valence-electron chi connectivity index (χ0n) is 18.6. The van der Waals surface area contributed by atoms with Gasteiger partial charge in [-0.1, -0.05) is 84.0 Å². The Morgan fingerprint density at radius 1 is 0.939 bits per heavy atom. The third kappa shape index (κ3) is 5.29. The molecule has 0 atom stereocenters. The summed E-state index contributed by atoms with van der Waals surface area (Å²) in [6.45, 7) is 2.75. The maximum Gasteiger partial charge on any atom is 0.233 e. The van der Waals surface area contributed by atoms with Crippen LogP contribution in [0.5, 0.6) is 0 Å². The maximum atomic E-state index is 13.3. The minimum Gasteiger partial charge on any atom is -0.334 e. The van der Waals surface area contributed by atoms with Crippen molar-refractivity contribution in [3.63, 3.8) is 0 Å². The van der Waals surface area contributed by atoms with Gasteiger partial charge in [0.1, 0.15) is 0 Å². The predicted molar refractivity (Wildman–Crippen MR) is 134 cm³/mol. The van der Waals surface area contributed by atoms with Crippen LogP contribution < -0.4 is 0 Å². The van der Waals surface area contributed by atoms with Gasteiger partial charge in [-0.2, -0.15) is 0 Å². The Bertz CT molecular complexity index is 1160. The third-order valence-corrected chi connectivity index (χ3v) is 6.68. The molecular weight excluding hydrogens is 452 g/mol. The molecule has 0 fully saturated rings. The number of nitrogens with zero attached hydrogens (tertiary/aromatic N) is 4. The number of rotatable bonds is 8. The molecule has 1 heterocycles. The Hall–Kier alpha value is -3.09. The Labute approximate surface area is 203 Å². The molecule has 5 nitrogen and oxygen atoms in total. The monoisotopic (exact) mass is 476 g/mol. The summed E-state index contributed by atoms with van der Waals surface area (Å²) in [5, 5.41) is 10.1. The van der Waals surface area contributed by atoms with E-state index in [1.807, 2.05) is 84.1 Å². The van der Waals surface area contributed by atoms with Crippen LogP contribution in [-0.4, -0.2) is 38.4 Å². The van der Waals surface area contributed by atoms with E-state index >= 15 is 0 Å². The normalized spacial score (nSPS) is 11.0. The van der Waals surface area contributed by atoms with Crippen LogP contribution in [0.4, 0.5) is 0 Å². The lowest BCUT2D eigenvalue weighted by Gasteiger charge is -2.29. The summed E-state index contributed by atoms with van der Waals surface area (Å²) in [4.78, 5) is 15.1. The molecule has 0 radical (unpaired) electrons. The van der Waals surface area contributed by atoms with Crippen molar-refractivity contribution < 1.29 is 4.79 Å². The summed E-state index contributed by atoms with van der Waals surface area (Å²) in [7, 11) is 1.86. The van der Waals surface area contributed by atoms with Crippen molar-refractivity contribution in [3.05, 3.63) is 101 Å². The zero-order chi connectivity index (χ0) is 23.2. The Morgan fingerprint density at radius 3 is 2.06 bits per heavy atom. The first-order valence-electron chi connectivity index (χ1n) is 10.8. The quantitative estimate of drug-likeness (QED) is 0.294. The first-order chi connectivity index (χ1) is 16.1. The van der Waals surface area contributed by atoms with E-state index in [0.717, 1.165) is 27.7 Å². The van der Waals surface area contributed by atoms with Crippen molar-refractivity contribution in [2.24, 2.45) is 0 Å². The molecule has 33 heavy (non-hydrogen) atoms. The Balaban J connectivity index is 1.52. The van der Waals surface area contributed by atoms with E-state index in [9.17, 15) is 4.79 Å². The molecule has 1 aromatic heterocycles. The van der Waals surface area contributed by atoms with Gasteiger partial charge in [-0.15, -0.1) is 10.2 Å². The molecule has 168 valence electrons. The number of halogens is 1. The predicted octanol–water partition coefficient (Wildman–Crippen LogP) is 5.96. The maximum absolute atomic E-state index is 13.3. The fourth-order valence-corrected chi connectivity index (χ4v) is 4.83. The minimum atomic E-state index is -0.158. The first-order valence-corrected chi connectivity index (χ1v) is 12.1. The number of hydrogen-bond donors (Lipinski definition) is 0. The van der Waals surface area contributed by atoms with Crippen LogP contribution in [0.1, 0.15) is 24.1 Å². The number of hydrogen-bond acceptors (Lipinski definition) is 4. The molecule has 0 spiro atoms. The molecule has 1 amide bonds. The summed E-state index contributed by atoms with van der Waals surface area (Å²) < 4.78 is 2.02. The van der Waals surface area contributed by atoms with Gasteiger partial charge in [0.15, 0.2) is 11.0 Å². The van der Waals surface area contributed by atoms with Crippen LogP contribution in [0.15, 0.2) is 90.1 Å². The highest BCUT2D eigenvalue weighted by Crippen LogP contribution is 2.29. The fourth-order valence-electron chi connectivity index (χ4n) is 3.78. The standard InChI is InChI=1S/C26H25ClN4OS/c1-3-31-25(21-14-16-22(27)17-15-21)28-29-26(31)33-18-23(32)30(2)24(19-10-6-4-7-11-19)20-12-8-5-9-13-20/h4-17,24H,3,18H2,1-2H3. The summed E-state index contributed by atoms with van der Waals surface area (Å²) >= 11 is 7.42. The molecular formula is C26H25ClN4OS. The van der Waals surface area contributed by atoms with Crippen molar-refractivity contribution in [1.29, 1.82) is 0 Å². The van der Waals surface area contributed by atoms with Gasteiger partial charge < -0.3 is 9.47 Å². The highest BCUT2D eigenvalue weighted by molar-refractivity contribution is 7.99. The number of carbonyl (C=O) groups is 1. The number of amides is 1. The SMILES string of the molecule is CCn1c(SCC(=O)N(C)C(c2ccccc2)c2ccccc2)nnc1-c1ccc(Cl)cc1. The molecule has 0 saturated heterocycles. The smallest absolute Gasteiger partial charge is 0.233 e. The lowest BCUT2D eigenvalue weighted by molar-refractivity contribution is -0.128. The Kier molecular flexibility index (Phi) is 7.47. The van der Waals surface area contributed by atoms with Crippen LogP contribution in [0, 0.1) is 0 Å². The highest BCUT2D eigenvalue weighted by atomic mass is 35.5. The van der Waals surface area contributed by atoms with E-state index in [2.05, 4.69) is 34.5 Å². The summed E-state index contributed by atoms with van der Waals surface area (Å²) in [6, 6.07) is 27.6. The lowest BCUT2D eigenvalue weighted by atomic mass is 9.97. The first kappa shape index (κ1) is 23.1. The minimum absolute atomic E-state index is 0.0244. The van der Waals surface area contributed by atoms with E-state index in [4.69, 9.17) is 11.6 Å². The lowest BCUT2D eigenvalue weighted by Crippen LogP contribution is -2.33. The van der Waals surface area contributed by atoms with Crippen LogP contribution in [0.3, 0.4) is 0 Å². The number of carbonyl (C=O) groups excluding carboxylic acids is 1. The molecule has 3 aromatic carbocycles. The van der Waals surface area contributed by atoms with Crippen LogP contribution in [0.25, 0.3) is 11.4 Å². The van der Waals surface area contributed by atoms with Gasteiger partial charge in [0.2, 0.25) is 5.91 Å². The topological polar surface area (TPSA) is 51.0 Å². The van der Waals surface area contributed by atoms with Crippen LogP contribution in [-0.2, 0) is 11.3 Å². The summed E-state index contributed by atoms with van der Waals surface area (Å²) in [5.41, 5.74) is 3.09. The average Bonchev–Trinajstić information content (AvgIpc) is 3.27. The fraction of sp³-hybridized carbons (Fsp3) is 0.192. The summed E-state index contributed by atoms with van der Waals surface area (Å²) in [5.74, 6) is 1.06. The highest BCUT2D eigenvalue weighted by Gasteiger charge is 2.24. The third-order valence-electron chi connectivity index (χ3n) is 5.47. The van der Waals surface area contributed by atoms with Gasteiger partial charge in [-0.3, -0.25) is 4.79 Å². The molecule has 0 aliphatic heterocycles. The van der Waals surface area contributed by atoms with Crippen molar-refractivity contribution in [2.45, 2.75) is 24.7 Å². The van der Waals surface area contributed by atoms with Gasteiger partial charge >= 0.3 is 0 Å². The van der Waals surface area contributed by atoms with Crippen molar-refractivity contribution >= 4 is 29.3 Å². The van der Waals surface area contributed by atoms with E-state index in [1.165, 1.54) is 11.8 Å². The molecule has 0 N–H and O–H groups in total. The van der Waals surface area contributed by atoms with E-state index in [-0.39, 0.29) is 17.7 Å². The zero-order valence-corrected chi connectivity index (χ0v) is 20.1. The second-order valence-corrected chi connectivity index (χ2v) is 8.95. The Morgan fingerprint density at radius 2 is 1.52 bits per heavy atom. The van der Waals surface area contributed by atoms with Crippen molar-refractivity contribution in [2.75, 3.05) is 12.8 Å². The molecule has 7 heteroatoms. The van der Waals surface area contributed by atoms with Crippen LogP contribution >= 0.6 is 23.4 Å². The number of benzene rings is 3. The van der Waals surface area contributed by atoms with Crippen LogP contribution in [0.2, 0.25) is 5.02 Å². The van der Waals surface area contributed by atoms with E-state index < -0.39 is 0 Å². The van der Waals surface area contributed by atoms with Gasteiger partial charge in [0, 0.05) is 24.2 Å².